The van der Waals surface area contributed by atoms with Crippen LogP contribution in [-0.4, -0.2) is 21.7 Å². The van der Waals surface area contributed by atoms with Gasteiger partial charge in [0.25, 0.3) is 0 Å². The van der Waals surface area contributed by atoms with E-state index in [1.807, 2.05) is 0 Å². The van der Waals surface area contributed by atoms with Crippen LogP contribution in [-0.2, 0) is 9.59 Å². The number of hydrogen-bond acceptors (Lipinski definition) is 2. The molecular formula is C7H11BrO3. The molecule has 1 unspecified atom stereocenters. The normalized spacial score (nSPS) is 14.2. The third-order valence-corrected chi connectivity index (χ3v) is 1.99. The molecule has 1 N–H and O–H groups in total. The van der Waals surface area contributed by atoms with Gasteiger partial charge in [-0.1, -0.05) is 36.7 Å². The molecule has 11 heavy (non-hydrogen) atoms. The van der Waals surface area contributed by atoms with Gasteiger partial charge in [-0.25, -0.2) is 0 Å². The van der Waals surface area contributed by atoms with Crippen molar-refractivity contribution in [3.05, 3.63) is 0 Å². The number of carbonyl (C=O) groups is 2. The van der Waals surface area contributed by atoms with Crippen LogP contribution >= 0.6 is 15.9 Å². The molecule has 0 spiro atoms. The van der Waals surface area contributed by atoms with E-state index in [4.69, 9.17) is 5.11 Å². The van der Waals surface area contributed by atoms with Crippen molar-refractivity contribution in [1.29, 1.82) is 0 Å². The molecule has 0 rings (SSSR count). The van der Waals surface area contributed by atoms with E-state index >= 15 is 0 Å². The molecule has 1 atom stereocenters. The zero-order valence-electron chi connectivity index (χ0n) is 6.72. The molecule has 0 aromatic rings. The molecule has 0 aliphatic heterocycles. The van der Waals surface area contributed by atoms with E-state index in [-0.39, 0.29) is 5.78 Å². The summed E-state index contributed by atoms with van der Waals surface area (Å²) in [5.41, 5.74) is -0.605. The fraction of sp³-hybridized carbons (Fsp3) is 0.714. The first kappa shape index (κ1) is 10.6. The van der Waals surface area contributed by atoms with Crippen LogP contribution in [0.3, 0.4) is 0 Å². The van der Waals surface area contributed by atoms with Gasteiger partial charge in [0, 0.05) is 5.41 Å². The van der Waals surface area contributed by atoms with Gasteiger partial charge in [0.1, 0.15) is 0 Å². The molecule has 0 aromatic carbocycles. The summed E-state index contributed by atoms with van der Waals surface area (Å²) < 4.78 is 0. The van der Waals surface area contributed by atoms with Crippen LogP contribution < -0.4 is 0 Å². The number of ketones is 1. The third-order valence-electron chi connectivity index (χ3n) is 1.19. The Morgan fingerprint density at radius 2 is 1.73 bits per heavy atom. The average Bonchev–Trinajstić information content (AvgIpc) is 1.82. The lowest BCUT2D eigenvalue weighted by atomic mass is 9.89. The Morgan fingerprint density at radius 3 is 1.82 bits per heavy atom. The highest BCUT2D eigenvalue weighted by Gasteiger charge is 2.32. The van der Waals surface area contributed by atoms with Crippen molar-refractivity contribution in [3.63, 3.8) is 0 Å². The second-order valence-electron chi connectivity index (χ2n) is 3.32. The van der Waals surface area contributed by atoms with Crippen molar-refractivity contribution in [2.24, 2.45) is 5.41 Å². The number of hydrogen-bond donors (Lipinski definition) is 1. The number of Topliss-reactive ketones (excluding diaryl/α,β-unsaturated/α-hetero) is 1. The molecule has 0 fully saturated rings. The number of carboxylic acids is 1. The quantitative estimate of drug-likeness (QED) is 0.569. The van der Waals surface area contributed by atoms with Gasteiger partial charge in [0.2, 0.25) is 0 Å². The molecule has 0 aliphatic rings. The Bertz CT molecular complexity index is 181. The van der Waals surface area contributed by atoms with E-state index in [0.717, 1.165) is 0 Å². The summed E-state index contributed by atoms with van der Waals surface area (Å²) in [5, 5.41) is 8.45. The maximum Gasteiger partial charge on any atom is 0.324 e. The fourth-order valence-electron chi connectivity index (χ4n) is 0.492. The van der Waals surface area contributed by atoms with Crippen LogP contribution in [0.15, 0.2) is 0 Å². The molecule has 0 saturated carbocycles. The van der Waals surface area contributed by atoms with E-state index in [0.29, 0.717) is 0 Å². The van der Waals surface area contributed by atoms with Crippen molar-refractivity contribution in [2.75, 3.05) is 0 Å². The maximum absolute atomic E-state index is 11.2. The highest BCUT2D eigenvalue weighted by Crippen LogP contribution is 2.20. The second kappa shape index (κ2) is 3.34. The van der Waals surface area contributed by atoms with E-state index in [2.05, 4.69) is 15.9 Å². The molecule has 0 bridgehead atoms. The van der Waals surface area contributed by atoms with Gasteiger partial charge in [-0.15, -0.1) is 0 Å². The van der Waals surface area contributed by atoms with Crippen LogP contribution in [0.2, 0.25) is 0 Å². The zero-order valence-corrected chi connectivity index (χ0v) is 8.31. The topological polar surface area (TPSA) is 54.4 Å². The number of carboxylic acid groups (broad SMARTS) is 1. The van der Waals surface area contributed by atoms with Crippen molar-refractivity contribution >= 4 is 27.7 Å². The lowest BCUT2D eigenvalue weighted by molar-refractivity contribution is -0.141. The Labute approximate surface area is 73.9 Å². The average molecular weight is 223 g/mol. The molecule has 64 valence electrons. The number of alkyl halides is 1. The van der Waals surface area contributed by atoms with Crippen LogP contribution in [0.5, 0.6) is 0 Å². The molecule has 0 aromatic heterocycles. The predicted molar refractivity (Wildman–Crippen MR) is 44.8 cm³/mol. The van der Waals surface area contributed by atoms with Crippen LogP contribution in [0.4, 0.5) is 0 Å². The Hall–Kier alpha value is -0.380. The molecule has 0 amide bonds. The molecule has 0 saturated heterocycles. The molecule has 3 nitrogen and oxygen atoms in total. The van der Waals surface area contributed by atoms with E-state index in [1.165, 1.54) is 0 Å². The second-order valence-corrected chi connectivity index (χ2v) is 4.23. The van der Waals surface area contributed by atoms with Gasteiger partial charge < -0.3 is 5.11 Å². The first-order valence-electron chi connectivity index (χ1n) is 3.18. The molecular weight excluding hydrogens is 212 g/mol. The summed E-state index contributed by atoms with van der Waals surface area (Å²) >= 11 is 2.79. The van der Waals surface area contributed by atoms with Crippen LogP contribution in [0, 0.1) is 5.41 Å². The van der Waals surface area contributed by atoms with Gasteiger partial charge in [0.15, 0.2) is 10.6 Å². The van der Waals surface area contributed by atoms with Gasteiger partial charge >= 0.3 is 5.97 Å². The summed E-state index contributed by atoms with van der Waals surface area (Å²) in [6.45, 7) is 5.06. The molecule has 0 radical (unpaired) electrons. The standard InChI is InChI=1S/C7H11BrO3/c1-7(2,3)5(9)4(8)6(10)11/h4H,1-3H3,(H,10,11). The molecule has 0 aliphatic carbocycles. The van der Waals surface area contributed by atoms with Crippen LogP contribution in [0.25, 0.3) is 0 Å². The fourth-order valence-corrected chi connectivity index (χ4v) is 1.18. The summed E-state index contributed by atoms with van der Waals surface area (Å²) in [5.74, 6) is -1.45. The summed E-state index contributed by atoms with van der Waals surface area (Å²) in [4.78, 5) is 20.4. The van der Waals surface area contributed by atoms with E-state index in [9.17, 15) is 9.59 Å². The first-order valence-corrected chi connectivity index (χ1v) is 4.09. The van der Waals surface area contributed by atoms with Crippen molar-refractivity contribution in [3.8, 4) is 0 Å². The number of rotatable bonds is 2. The van der Waals surface area contributed by atoms with E-state index in [1.54, 1.807) is 20.8 Å². The van der Waals surface area contributed by atoms with Gasteiger partial charge in [-0.2, -0.15) is 0 Å². The van der Waals surface area contributed by atoms with Gasteiger partial charge in [0.05, 0.1) is 0 Å². The number of halogens is 1. The number of carbonyl (C=O) groups excluding carboxylic acids is 1. The van der Waals surface area contributed by atoms with Gasteiger partial charge in [-0.05, 0) is 0 Å². The minimum Gasteiger partial charge on any atom is -0.480 e. The summed E-state index contributed by atoms with van der Waals surface area (Å²) in [6.07, 6.45) is 0. The summed E-state index contributed by atoms with van der Waals surface area (Å²) in [7, 11) is 0. The monoisotopic (exact) mass is 222 g/mol. The first-order chi connectivity index (χ1) is 4.76. The molecule has 0 heterocycles. The SMILES string of the molecule is CC(C)(C)C(=O)C(Br)C(=O)O. The Balaban J connectivity index is 4.39. The van der Waals surface area contributed by atoms with Crippen molar-refractivity contribution < 1.29 is 14.7 Å². The highest BCUT2D eigenvalue weighted by atomic mass is 79.9. The Morgan fingerprint density at radius 1 is 1.36 bits per heavy atom. The lowest BCUT2D eigenvalue weighted by Crippen LogP contribution is -2.33. The number of aliphatic carboxylic acids is 1. The maximum atomic E-state index is 11.2. The zero-order chi connectivity index (χ0) is 9.23. The van der Waals surface area contributed by atoms with Crippen LogP contribution in [0.1, 0.15) is 20.8 Å². The third kappa shape index (κ3) is 3.01. The smallest absolute Gasteiger partial charge is 0.324 e. The largest absolute Gasteiger partial charge is 0.480 e. The predicted octanol–water partition coefficient (Wildman–Crippen LogP) is 1.45. The van der Waals surface area contributed by atoms with Crippen molar-refractivity contribution in [2.45, 2.75) is 25.6 Å². The summed E-state index contributed by atoms with van der Waals surface area (Å²) in [6, 6.07) is 0. The molecule has 4 heteroatoms. The Kier molecular flexibility index (Phi) is 3.23. The minimum atomic E-state index is -1.13. The highest BCUT2D eigenvalue weighted by molar-refractivity contribution is 9.10. The minimum absolute atomic E-state index is 0.315. The lowest BCUT2D eigenvalue weighted by Gasteiger charge is -2.17. The van der Waals surface area contributed by atoms with Gasteiger partial charge in [-0.3, -0.25) is 9.59 Å². The van der Waals surface area contributed by atoms with E-state index < -0.39 is 16.2 Å². The van der Waals surface area contributed by atoms with Crippen molar-refractivity contribution in [1.82, 2.24) is 0 Å².